The lowest BCUT2D eigenvalue weighted by molar-refractivity contribution is 0.0657. The molecule has 0 bridgehead atoms. The van der Waals surface area contributed by atoms with Crippen LogP contribution >= 0.6 is 11.6 Å². The molecule has 1 heterocycles. The summed E-state index contributed by atoms with van der Waals surface area (Å²) in [6.07, 6.45) is 0.937. The van der Waals surface area contributed by atoms with Crippen molar-refractivity contribution in [2.45, 2.75) is 32.0 Å². The zero-order valence-corrected chi connectivity index (χ0v) is 12.1. The highest BCUT2D eigenvalue weighted by molar-refractivity contribution is 6.30. The number of halogens is 1. The maximum atomic E-state index is 10.3. The number of rotatable bonds is 2. The molecule has 0 aromatic heterocycles. The zero-order chi connectivity index (χ0) is 14.1. The van der Waals surface area contributed by atoms with Gasteiger partial charge in [-0.15, -0.1) is 0 Å². The molecule has 3 rings (SSSR count). The lowest BCUT2D eigenvalue weighted by Crippen LogP contribution is -2.19. The van der Waals surface area contributed by atoms with Gasteiger partial charge in [0.05, 0.1) is 6.10 Å². The Morgan fingerprint density at radius 3 is 2.65 bits per heavy atom. The fourth-order valence-corrected chi connectivity index (χ4v) is 2.77. The normalized spacial score (nSPS) is 21.1. The first kappa shape index (κ1) is 13.5. The van der Waals surface area contributed by atoms with Crippen molar-refractivity contribution in [3.05, 3.63) is 64.2 Å². The highest BCUT2D eigenvalue weighted by Crippen LogP contribution is 2.41. The maximum absolute atomic E-state index is 10.3. The van der Waals surface area contributed by atoms with Crippen molar-refractivity contribution in [1.29, 1.82) is 0 Å². The van der Waals surface area contributed by atoms with Gasteiger partial charge < -0.3 is 9.84 Å². The number of aliphatic hydroxyl groups is 1. The molecule has 3 heteroatoms. The van der Waals surface area contributed by atoms with Crippen LogP contribution in [-0.4, -0.2) is 5.11 Å². The fraction of sp³-hybridized carbons (Fsp3) is 0.294. The van der Waals surface area contributed by atoms with E-state index < -0.39 is 6.10 Å². The second-order valence-corrected chi connectivity index (χ2v) is 5.57. The number of ether oxygens (including phenoxy) is 1. The molecule has 0 amide bonds. The average Bonchev–Trinajstić information content (AvgIpc) is 2.48. The lowest BCUT2D eigenvalue weighted by Gasteiger charge is -2.30. The van der Waals surface area contributed by atoms with Crippen LogP contribution in [0.3, 0.4) is 0 Å². The molecule has 2 unspecified atom stereocenters. The van der Waals surface area contributed by atoms with Crippen molar-refractivity contribution in [2.24, 2.45) is 0 Å². The van der Waals surface area contributed by atoms with Gasteiger partial charge in [0, 0.05) is 17.0 Å². The third-order valence-corrected chi connectivity index (χ3v) is 4.03. The maximum Gasteiger partial charge on any atom is 0.127 e. The van der Waals surface area contributed by atoms with E-state index in [4.69, 9.17) is 16.3 Å². The van der Waals surface area contributed by atoms with Crippen LogP contribution in [0.15, 0.2) is 42.5 Å². The van der Waals surface area contributed by atoms with Crippen molar-refractivity contribution in [3.63, 3.8) is 0 Å². The van der Waals surface area contributed by atoms with E-state index in [2.05, 4.69) is 31.2 Å². The topological polar surface area (TPSA) is 29.5 Å². The lowest BCUT2D eigenvalue weighted by atomic mass is 9.94. The van der Waals surface area contributed by atoms with Crippen LogP contribution < -0.4 is 4.74 Å². The van der Waals surface area contributed by atoms with Gasteiger partial charge in [0.25, 0.3) is 0 Å². The van der Waals surface area contributed by atoms with Gasteiger partial charge in [-0.2, -0.15) is 0 Å². The van der Waals surface area contributed by atoms with Gasteiger partial charge >= 0.3 is 0 Å². The van der Waals surface area contributed by atoms with Crippen molar-refractivity contribution < 1.29 is 9.84 Å². The molecule has 2 nitrogen and oxygen atoms in total. The minimum absolute atomic E-state index is 0.107. The third-order valence-electron chi connectivity index (χ3n) is 3.80. The molecule has 1 aliphatic heterocycles. The summed E-state index contributed by atoms with van der Waals surface area (Å²) in [7, 11) is 0. The van der Waals surface area contributed by atoms with E-state index in [1.165, 1.54) is 5.56 Å². The first-order chi connectivity index (χ1) is 9.67. The standard InChI is InChI=1S/C17H17ClO2/c1-2-11-3-5-12(6-4-11)17-10-15(19)14-9-13(18)7-8-16(14)20-17/h3-9,15,17,19H,2,10H2,1H3. The SMILES string of the molecule is CCc1ccc(C2CC(O)c3cc(Cl)ccc3O2)cc1. The summed E-state index contributed by atoms with van der Waals surface area (Å²) in [4.78, 5) is 0. The molecule has 20 heavy (non-hydrogen) atoms. The Balaban J connectivity index is 1.88. The first-order valence-electron chi connectivity index (χ1n) is 6.90. The summed E-state index contributed by atoms with van der Waals surface area (Å²) in [6.45, 7) is 2.13. The quantitative estimate of drug-likeness (QED) is 0.884. The molecule has 2 atom stereocenters. The fourth-order valence-electron chi connectivity index (χ4n) is 2.59. The molecule has 2 aromatic carbocycles. The molecule has 0 fully saturated rings. The molecule has 1 N–H and O–H groups in total. The summed E-state index contributed by atoms with van der Waals surface area (Å²) in [5.41, 5.74) is 3.18. The Bertz CT molecular complexity index is 607. The van der Waals surface area contributed by atoms with Gasteiger partial charge in [-0.05, 0) is 35.7 Å². The number of fused-ring (bicyclic) bond motifs is 1. The van der Waals surface area contributed by atoms with Crippen molar-refractivity contribution in [3.8, 4) is 5.75 Å². The van der Waals surface area contributed by atoms with Crippen LogP contribution in [0.5, 0.6) is 5.75 Å². The number of hydrogen-bond donors (Lipinski definition) is 1. The Kier molecular flexibility index (Phi) is 3.68. The number of aliphatic hydroxyl groups excluding tert-OH is 1. The van der Waals surface area contributed by atoms with Crippen LogP contribution in [-0.2, 0) is 6.42 Å². The van der Waals surface area contributed by atoms with Crippen LogP contribution in [0.2, 0.25) is 5.02 Å². The van der Waals surface area contributed by atoms with E-state index in [0.29, 0.717) is 11.4 Å². The Labute approximate surface area is 124 Å². The summed E-state index contributed by atoms with van der Waals surface area (Å²) in [6, 6.07) is 13.8. The van der Waals surface area contributed by atoms with Crippen molar-refractivity contribution in [2.75, 3.05) is 0 Å². The highest BCUT2D eigenvalue weighted by Gasteiger charge is 2.28. The molecule has 0 radical (unpaired) electrons. The van der Waals surface area contributed by atoms with Gasteiger partial charge in [-0.3, -0.25) is 0 Å². The smallest absolute Gasteiger partial charge is 0.127 e. The van der Waals surface area contributed by atoms with Gasteiger partial charge in [0.2, 0.25) is 0 Å². The highest BCUT2D eigenvalue weighted by atomic mass is 35.5. The molecule has 0 aliphatic carbocycles. The van der Waals surface area contributed by atoms with Gasteiger partial charge in [0.15, 0.2) is 0 Å². The van der Waals surface area contributed by atoms with Gasteiger partial charge in [-0.1, -0.05) is 42.8 Å². The van der Waals surface area contributed by atoms with E-state index in [1.54, 1.807) is 12.1 Å². The summed E-state index contributed by atoms with van der Waals surface area (Å²) in [5.74, 6) is 0.720. The van der Waals surface area contributed by atoms with Crippen LogP contribution in [0, 0.1) is 0 Å². The Hall–Kier alpha value is -1.51. The summed E-state index contributed by atoms with van der Waals surface area (Å²) in [5, 5.41) is 10.9. The number of benzene rings is 2. The Morgan fingerprint density at radius 2 is 1.95 bits per heavy atom. The Morgan fingerprint density at radius 1 is 1.20 bits per heavy atom. The van der Waals surface area contributed by atoms with E-state index in [0.717, 1.165) is 23.3 Å². The van der Waals surface area contributed by atoms with E-state index >= 15 is 0 Å². The van der Waals surface area contributed by atoms with E-state index in [9.17, 15) is 5.11 Å². The van der Waals surface area contributed by atoms with E-state index in [-0.39, 0.29) is 6.10 Å². The predicted molar refractivity (Wildman–Crippen MR) is 80.2 cm³/mol. The average molecular weight is 289 g/mol. The molecule has 0 spiro atoms. The second kappa shape index (κ2) is 5.47. The van der Waals surface area contributed by atoms with Gasteiger partial charge in [-0.25, -0.2) is 0 Å². The summed E-state index contributed by atoms with van der Waals surface area (Å²) >= 11 is 5.96. The monoisotopic (exact) mass is 288 g/mol. The zero-order valence-electron chi connectivity index (χ0n) is 11.3. The minimum atomic E-state index is -0.534. The predicted octanol–water partition coefficient (Wildman–Crippen LogP) is 4.46. The molecule has 104 valence electrons. The van der Waals surface area contributed by atoms with Crippen LogP contribution in [0.4, 0.5) is 0 Å². The molecular weight excluding hydrogens is 272 g/mol. The van der Waals surface area contributed by atoms with Crippen LogP contribution in [0.25, 0.3) is 0 Å². The van der Waals surface area contributed by atoms with Crippen molar-refractivity contribution >= 4 is 11.6 Å². The first-order valence-corrected chi connectivity index (χ1v) is 7.28. The van der Waals surface area contributed by atoms with E-state index in [1.807, 2.05) is 6.07 Å². The molecular formula is C17H17ClO2. The number of aryl methyl sites for hydroxylation is 1. The van der Waals surface area contributed by atoms with Gasteiger partial charge in [0.1, 0.15) is 11.9 Å². The third kappa shape index (κ3) is 2.54. The van der Waals surface area contributed by atoms with Crippen molar-refractivity contribution in [1.82, 2.24) is 0 Å². The molecule has 0 saturated heterocycles. The molecule has 2 aromatic rings. The second-order valence-electron chi connectivity index (χ2n) is 5.14. The number of hydrogen-bond acceptors (Lipinski definition) is 2. The largest absolute Gasteiger partial charge is 0.485 e. The molecule has 0 saturated carbocycles. The molecule has 1 aliphatic rings. The minimum Gasteiger partial charge on any atom is -0.485 e. The summed E-state index contributed by atoms with van der Waals surface area (Å²) < 4.78 is 6.00. The van der Waals surface area contributed by atoms with Crippen LogP contribution in [0.1, 0.15) is 42.2 Å².